The van der Waals surface area contributed by atoms with Crippen LogP contribution in [0.2, 0.25) is 0 Å². The van der Waals surface area contributed by atoms with Crippen LogP contribution in [0.5, 0.6) is 0 Å². The second-order valence-electron chi connectivity index (χ2n) is 5.80. The van der Waals surface area contributed by atoms with Gasteiger partial charge in [0.2, 0.25) is 0 Å². The summed E-state index contributed by atoms with van der Waals surface area (Å²) in [6, 6.07) is 0. The first-order chi connectivity index (χ1) is 9.17. The number of imidazole rings is 1. The fourth-order valence-corrected chi connectivity index (χ4v) is 2.36. The SMILES string of the molecule is CCn1c(=O)c2c(nc(C)n2CC(C)(C)N)n(C)c1=O. The van der Waals surface area contributed by atoms with Crippen molar-refractivity contribution < 1.29 is 0 Å². The normalized spacial score (nSPS) is 12.3. The quantitative estimate of drug-likeness (QED) is 0.854. The van der Waals surface area contributed by atoms with Crippen molar-refractivity contribution in [2.75, 3.05) is 0 Å². The molecule has 7 heteroatoms. The molecule has 2 heterocycles. The minimum absolute atomic E-state index is 0.310. The van der Waals surface area contributed by atoms with Crippen LogP contribution in [0.4, 0.5) is 0 Å². The summed E-state index contributed by atoms with van der Waals surface area (Å²) in [4.78, 5) is 28.9. The molecule has 7 nitrogen and oxygen atoms in total. The first kappa shape index (κ1) is 14.5. The molecule has 0 aliphatic heterocycles. The average molecular weight is 279 g/mol. The van der Waals surface area contributed by atoms with Crippen LogP contribution in [-0.2, 0) is 20.1 Å². The zero-order chi connectivity index (χ0) is 15.2. The van der Waals surface area contributed by atoms with E-state index in [1.165, 1.54) is 9.13 Å². The van der Waals surface area contributed by atoms with E-state index in [2.05, 4.69) is 4.98 Å². The van der Waals surface area contributed by atoms with Crippen LogP contribution >= 0.6 is 0 Å². The van der Waals surface area contributed by atoms with Gasteiger partial charge < -0.3 is 10.3 Å². The second kappa shape index (κ2) is 4.59. The lowest BCUT2D eigenvalue weighted by Crippen LogP contribution is -2.41. The molecule has 0 saturated heterocycles. The van der Waals surface area contributed by atoms with Gasteiger partial charge >= 0.3 is 5.69 Å². The van der Waals surface area contributed by atoms with Gasteiger partial charge in [-0.15, -0.1) is 0 Å². The second-order valence-corrected chi connectivity index (χ2v) is 5.80. The van der Waals surface area contributed by atoms with Crippen LogP contribution in [0.1, 0.15) is 26.6 Å². The van der Waals surface area contributed by atoms with Gasteiger partial charge in [0, 0.05) is 25.7 Å². The van der Waals surface area contributed by atoms with Crippen molar-refractivity contribution in [2.24, 2.45) is 12.8 Å². The Hall–Kier alpha value is -1.89. The van der Waals surface area contributed by atoms with Gasteiger partial charge in [-0.05, 0) is 27.7 Å². The van der Waals surface area contributed by atoms with Crippen molar-refractivity contribution in [1.82, 2.24) is 18.7 Å². The number of hydrogen-bond acceptors (Lipinski definition) is 4. The number of nitrogens with two attached hydrogens (primary N) is 1. The molecule has 110 valence electrons. The molecule has 2 N–H and O–H groups in total. The summed E-state index contributed by atoms with van der Waals surface area (Å²) in [6.45, 7) is 8.16. The third-order valence-corrected chi connectivity index (χ3v) is 3.31. The van der Waals surface area contributed by atoms with E-state index in [0.29, 0.717) is 30.1 Å². The van der Waals surface area contributed by atoms with Crippen LogP contribution in [-0.4, -0.2) is 24.2 Å². The lowest BCUT2D eigenvalue weighted by molar-refractivity contribution is 0.434. The highest BCUT2D eigenvalue weighted by molar-refractivity contribution is 5.71. The van der Waals surface area contributed by atoms with Crippen LogP contribution in [0.25, 0.3) is 11.2 Å². The predicted molar refractivity (Wildman–Crippen MR) is 77.9 cm³/mol. The Morgan fingerprint density at radius 3 is 2.35 bits per heavy atom. The Morgan fingerprint density at radius 2 is 1.85 bits per heavy atom. The van der Waals surface area contributed by atoms with E-state index < -0.39 is 5.54 Å². The molecule has 0 radical (unpaired) electrons. The molecule has 0 aliphatic carbocycles. The average Bonchev–Trinajstić information content (AvgIpc) is 2.63. The fraction of sp³-hybridized carbons (Fsp3) is 0.615. The van der Waals surface area contributed by atoms with Crippen molar-refractivity contribution in [3.63, 3.8) is 0 Å². The van der Waals surface area contributed by atoms with Gasteiger partial charge in [0.25, 0.3) is 5.56 Å². The number of hydrogen-bond donors (Lipinski definition) is 1. The lowest BCUT2D eigenvalue weighted by atomic mass is 10.1. The molecule has 0 fully saturated rings. The predicted octanol–water partition coefficient (Wildman–Crippen LogP) is -0.0377. The summed E-state index contributed by atoms with van der Waals surface area (Å²) < 4.78 is 4.42. The summed E-state index contributed by atoms with van der Waals surface area (Å²) in [6.07, 6.45) is 0. The Balaban J connectivity index is 2.92. The summed E-state index contributed by atoms with van der Waals surface area (Å²) in [5.74, 6) is 0.680. The van der Waals surface area contributed by atoms with E-state index in [1.54, 1.807) is 18.5 Å². The van der Waals surface area contributed by atoms with Crippen LogP contribution in [0.3, 0.4) is 0 Å². The Bertz CT molecular complexity index is 773. The minimum Gasteiger partial charge on any atom is -0.324 e. The summed E-state index contributed by atoms with van der Waals surface area (Å²) in [7, 11) is 1.63. The fourth-order valence-electron chi connectivity index (χ4n) is 2.36. The standard InChI is InChI=1S/C13H21N5O2/c1-6-17-11(19)9-10(16(5)12(17)20)15-8(2)18(9)7-13(3,4)14/h6-7,14H2,1-5H3. The van der Waals surface area contributed by atoms with Gasteiger partial charge in [-0.1, -0.05) is 0 Å². The largest absolute Gasteiger partial charge is 0.332 e. The van der Waals surface area contributed by atoms with Gasteiger partial charge in [0.15, 0.2) is 11.2 Å². The molecule has 0 unspecified atom stereocenters. The molecule has 0 spiro atoms. The lowest BCUT2D eigenvalue weighted by Gasteiger charge is -2.20. The zero-order valence-electron chi connectivity index (χ0n) is 12.6. The molecule has 0 aliphatic rings. The molecular weight excluding hydrogens is 258 g/mol. The van der Waals surface area contributed by atoms with Crippen molar-refractivity contribution in [1.29, 1.82) is 0 Å². The minimum atomic E-state index is -0.476. The highest BCUT2D eigenvalue weighted by Gasteiger charge is 2.21. The molecule has 2 rings (SSSR count). The van der Waals surface area contributed by atoms with Gasteiger partial charge in [-0.25, -0.2) is 9.78 Å². The zero-order valence-corrected chi connectivity index (χ0v) is 12.6. The van der Waals surface area contributed by atoms with E-state index in [1.807, 2.05) is 20.8 Å². The maximum atomic E-state index is 12.5. The van der Waals surface area contributed by atoms with Crippen LogP contribution in [0.15, 0.2) is 9.59 Å². The van der Waals surface area contributed by atoms with Crippen molar-refractivity contribution in [2.45, 2.75) is 46.3 Å². The van der Waals surface area contributed by atoms with E-state index in [0.717, 1.165) is 0 Å². The van der Waals surface area contributed by atoms with Gasteiger partial charge in [-0.3, -0.25) is 13.9 Å². The topological polar surface area (TPSA) is 87.8 Å². The summed E-state index contributed by atoms with van der Waals surface area (Å²) in [5, 5.41) is 0. The molecule has 2 aromatic heterocycles. The molecule has 0 atom stereocenters. The molecule has 0 bridgehead atoms. The third kappa shape index (κ3) is 2.18. The number of fused-ring (bicyclic) bond motifs is 1. The van der Waals surface area contributed by atoms with Gasteiger partial charge in [-0.2, -0.15) is 0 Å². The summed E-state index contributed by atoms with van der Waals surface area (Å²) in [5.41, 5.74) is 5.76. The number of rotatable bonds is 3. The highest BCUT2D eigenvalue weighted by Crippen LogP contribution is 2.13. The Morgan fingerprint density at radius 1 is 1.25 bits per heavy atom. The van der Waals surface area contributed by atoms with Crippen LogP contribution < -0.4 is 17.0 Å². The first-order valence-corrected chi connectivity index (χ1v) is 6.63. The molecule has 0 saturated carbocycles. The smallest absolute Gasteiger partial charge is 0.324 e. The van der Waals surface area contributed by atoms with E-state index >= 15 is 0 Å². The Kier molecular flexibility index (Phi) is 3.33. The summed E-state index contributed by atoms with van der Waals surface area (Å²) >= 11 is 0. The van der Waals surface area contributed by atoms with Crippen molar-refractivity contribution >= 4 is 11.2 Å². The molecular formula is C13H21N5O2. The monoisotopic (exact) mass is 279 g/mol. The Labute approximate surface area is 116 Å². The van der Waals surface area contributed by atoms with Crippen LogP contribution in [0, 0.1) is 6.92 Å². The van der Waals surface area contributed by atoms with Crippen molar-refractivity contribution in [3.8, 4) is 0 Å². The number of aryl methyl sites for hydroxylation is 2. The number of aromatic nitrogens is 4. The maximum Gasteiger partial charge on any atom is 0.332 e. The third-order valence-electron chi connectivity index (χ3n) is 3.31. The van der Waals surface area contributed by atoms with Gasteiger partial charge in [0.05, 0.1) is 0 Å². The maximum absolute atomic E-state index is 12.5. The highest BCUT2D eigenvalue weighted by atomic mass is 16.2. The number of nitrogens with zero attached hydrogens (tertiary/aromatic N) is 4. The van der Waals surface area contributed by atoms with Crippen molar-refractivity contribution in [3.05, 3.63) is 26.7 Å². The molecule has 0 aromatic carbocycles. The molecule has 0 amide bonds. The first-order valence-electron chi connectivity index (χ1n) is 6.63. The van der Waals surface area contributed by atoms with E-state index in [9.17, 15) is 9.59 Å². The van der Waals surface area contributed by atoms with Gasteiger partial charge in [0.1, 0.15) is 5.82 Å². The molecule has 2 aromatic rings. The van der Waals surface area contributed by atoms with E-state index in [-0.39, 0.29) is 11.2 Å². The van der Waals surface area contributed by atoms with E-state index in [4.69, 9.17) is 5.73 Å². The molecule has 20 heavy (non-hydrogen) atoms.